The zero-order chi connectivity index (χ0) is 31.0. The number of aryl methyl sites for hydroxylation is 1. The molecular formula is C32H43ClN8O4. The Morgan fingerprint density at radius 2 is 2.02 bits per heavy atom. The number of pyridine rings is 1. The number of halogens is 1. The summed E-state index contributed by atoms with van der Waals surface area (Å²) in [5, 5.41) is 8.76. The van der Waals surface area contributed by atoms with Crippen molar-refractivity contribution < 1.29 is 19.0 Å². The van der Waals surface area contributed by atoms with E-state index in [1.165, 1.54) is 0 Å². The van der Waals surface area contributed by atoms with Crippen LogP contribution in [0.2, 0.25) is 5.15 Å². The maximum Gasteiger partial charge on any atom is 0.407 e. The van der Waals surface area contributed by atoms with Gasteiger partial charge in [0.25, 0.3) is 0 Å². The third-order valence-corrected chi connectivity index (χ3v) is 10.1. The van der Waals surface area contributed by atoms with E-state index in [0.717, 1.165) is 112 Å². The average Bonchev–Trinajstić information content (AvgIpc) is 3.58. The van der Waals surface area contributed by atoms with Crippen LogP contribution >= 0.6 is 11.6 Å². The van der Waals surface area contributed by atoms with Gasteiger partial charge in [0.1, 0.15) is 11.0 Å². The molecule has 1 amide bonds. The van der Waals surface area contributed by atoms with E-state index in [4.69, 9.17) is 40.9 Å². The molecule has 1 spiro atoms. The summed E-state index contributed by atoms with van der Waals surface area (Å²) in [7, 11) is 0. The van der Waals surface area contributed by atoms with E-state index in [9.17, 15) is 4.79 Å². The zero-order valence-electron chi connectivity index (χ0n) is 26.2. The molecule has 242 valence electrons. The molecule has 13 heteroatoms. The fourth-order valence-electron chi connectivity index (χ4n) is 7.34. The quantitative estimate of drug-likeness (QED) is 0.260. The lowest BCUT2D eigenvalue weighted by atomic mass is 9.73. The Morgan fingerprint density at radius 1 is 1.16 bits per heavy atom. The molecule has 12 nitrogen and oxygen atoms in total. The van der Waals surface area contributed by atoms with E-state index >= 15 is 0 Å². The van der Waals surface area contributed by atoms with Gasteiger partial charge in [0.15, 0.2) is 23.2 Å². The number of fused-ring (bicyclic) bond motifs is 2. The maximum absolute atomic E-state index is 12.6. The fraction of sp³-hybridized carbons (Fsp3) is 0.656. The molecule has 3 atom stereocenters. The van der Waals surface area contributed by atoms with Crippen molar-refractivity contribution in [2.24, 2.45) is 5.41 Å². The number of anilines is 3. The summed E-state index contributed by atoms with van der Waals surface area (Å²) in [5.74, 6) is 1.60. The number of ether oxygens (including phenoxy) is 3. The van der Waals surface area contributed by atoms with Crippen LogP contribution in [0.1, 0.15) is 77.1 Å². The number of nitrogens with one attached hydrogen (secondary N) is 1. The molecule has 7 heterocycles. The number of aromatic nitrogens is 5. The van der Waals surface area contributed by atoms with Gasteiger partial charge in [-0.1, -0.05) is 24.9 Å². The van der Waals surface area contributed by atoms with Gasteiger partial charge in [0, 0.05) is 31.7 Å². The van der Waals surface area contributed by atoms with E-state index in [0.29, 0.717) is 25.0 Å². The second-order valence-corrected chi connectivity index (χ2v) is 13.2. The summed E-state index contributed by atoms with van der Waals surface area (Å²) in [6.07, 6.45) is 9.70. The molecular weight excluding hydrogens is 596 g/mol. The molecule has 3 fully saturated rings. The predicted octanol–water partition coefficient (Wildman–Crippen LogP) is 5.56. The van der Waals surface area contributed by atoms with Gasteiger partial charge in [-0.15, -0.1) is 5.10 Å². The smallest absolute Gasteiger partial charge is 0.407 e. The van der Waals surface area contributed by atoms with Crippen molar-refractivity contribution in [1.82, 2.24) is 30.0 Å². The lowest BCUT2D eigenvalue weighted by Crippen LogP contribution is -2.54. The number of hydrogen-bond donors (Lipinski definition) is 1. The van der Waals surface area contributed by atoms with Crippen LogP contribution in [0.5, 0.6) is 0 Å². The van der Waals surface area contributed by atoms with Crippen molar-refractivity contribution in [2.75, 3.05) is 49.3 Å². The summed E-state index contributed by atoms with van der Waals surface area (Å²) in [5.41, 5.74) is 3.34. The van der Waals surface area contributed by atoms with Crippen molar-refractivity contribution in [3.05, 3.63) is 29.2 Å². The Labute approximate surface area is 268 Å². The van der Waals surface area contributed by atoms with Gasteiger partial charge in [0.05, 0.1) is 42.9 Å². The van der Waals surface area contributed by atoms with E-state index in [2.05, 4.69) is 27.0 Å². The first-order valence-electron chi connectivity index (χ1n) is 16.6. The van der Waals surface area contributed by atoms with Crippen LogP contribution in [0.3, 0.4) is 0 Å². The number of piperidine rings is 1. The Hall–Kier alpha value is -3.22. The molecule has 3 saturated heterocycles. The highest BCUT2D eigenvalue weighted by Crippen LogP contribution is 2.43. The van der Waals surface area contributed by atoms with Crippen LogP contribution in [0.4, 0.5) is 22.1 Å². The number of rotatable bonds is 7. The standard InChI is InChI=1S/C32H43ClN8O4/c1-3-4-17-44-31(42)37-28-21(2)45-20-32(28)12-15-39(16-13-32)25-19-34-27-29(36-25)41(26-9-5-6-18-43-26)38-30(27)40-14-7-8-22-23(40)10-11-24(33)35-22/h10-11,19,21,26,28H,3-9,12-18,20H2,1-2H3,(H,37,42)/t21-,26?,28+/m0/s1. The van der Waals surface area contributed by atoms with Crippen LogP contribution in [0, 0.1) is 5.41 Å². The van der Waals surface area contributed by atoms with E-state index in [1.807, 2.05) is 29.9 Å². The molecule has 0 saturated carbocycles. The molecule has 0 aromatic carbocycles. The SMILES string of the molecule is CCCCOC(=O)N[C@@H]1[C@H](C)OCC12CCN(c1cnc3c(N4CCCc5nc(Cl)ccc54)nn(C4CCCCO4)c3n1)CC2. The van der Waals surface area contributed by atoms with Crippen LogP contribution in [-0.2, 0) is 20.6 Å². The third kappa shape index (κ3) is 5.92. The highest BCUT2D eigenvalue weighted by atomic mass is 35.5. The van der Waals surface area contributed by atoms with Crippen LogP contribution in [0.15, 0.2) is 18.3 Å². The molecule has 7 rings (SSSR count). The molecule has 1 unspecified atom stereocenters. The minimum Gasteiger partial charge on any atom is -0.450 e. The van der Waals surface area contributed by atoms with Gasteiger partial charge in [-0.25, -0.2) is 24.4 Å². The fourth-order valence-corrected chi connectivity index (χ4v) is 7.51. The predicted molar refractivity (Wildman–Crippen MR) is 171 cm³/mol. The Bertz CT molecular complexity index is 1520. The number of carbonyl (C=O) groups is 1. The first kappa shape index (κ1) is 30.4. The Morgan fingerprint density at radius 3 is 2.82 bits per heavy atom. The van der Waals surface area contributed by atoms with Gasteiger partial charge in [-0.05, 0) is 70.4 Å². The molecule has 3 aromatic heterocycles. The number of alkyl carbamates (subject to hydrolysis) is 1. The lowest BCUT2D eigenvalue weighted by Gasteiger charge is -2.42. The lowest BCUT2D eigenvalue weighted by molar-refractivity contribution is -0.0368. The summed E-state index contributed by atoms with van der Waals surface area (Å²) in [4.78, 5) is 31.9. The number of amides is 1. The van der Waals surface area contributed by atoms with Crippen molar-refractivity contribution in [2.45, 2.75) is 90.0 Å². The second kappa shape index (κ2) is 12.9. The molecule has 4 aliphatic heterocycles. The van der Waals surface area contributed by atoms with Crippen LogP contribution < -0.4 is 15.1 Å². The maximum atomic E-state index is 12.6. The van der Waals surface area contributed by atoms with Crippen molar-refractivity contribution in [3.8, 4) is 0 Å². The first-order chi connectivity index (χ1) is 22.0. The van der Waals surface area contributed by atoms with Crippen molar-refractivity contribution in [1.29, 1.82) is 0 Å². The summed E-state index contributed by atoms with van der Waals surface area (Å²) in [6, 6.07) is 3.77. The molecule has 4 aliphatic rings. The minimum atomic E-state index is -0.354. The second-order valence-electron chi connectivity index (χ2n) is 12.8. The summed E-state index contributed by atoms with van der Waals surface area (Å²) < 4.78 is 19.7. The van der Waals surface area contributed by atoms with E-state index in [1.54, 1.807) is 0 Å². The third-order valence-electron chi connectivity index (χ3n) is 9.91. The molecule has 1 N–H and O–H groups in total. The van der Waals surface area contributed by atoms with E-state index in [-0.39, 0.29) is 29.9 Å². The first-order valence-corrected chi connectivity index (χ1v) is 16.9. The van der Waals surface area contributed by atoms with Gasteiger partial charge in [-0.2, -0.15) is 0 Å². The largest absolute Gasteiger partial charge is 0.450 e. The number of hydrogen-bond acceptors (Lipinski definition) is 10. The van der Waals surface area contributed by atoms with Gasteiger partial charge < -0.3 is 29.3 Å². The summed E-state index contributed by atoms with van der Waals surface area (Å²) >= 11 is 6.24. The Balaban J connectivity index is 1.15. The Kier molecular flexibility index (Phi) is 8.71. The van der Waals surface area contributed by atoms with Gasteiger partial charge in [-0.3, -0.25) is 0 Å². The van der Waals surface area contributed by atoms with E-state index < -0.39 is 0 Å². The van der Waals surface area contributed by atoms with Crippen molar-refractivity contribution in [3.63, 3.8) is 0 Å². The van der Waals surface area contributed by atoms with Crippen LogP contribution in [0.25, 0.3) is 11.2 Å². The molecule has 0 bridgehead atoms. The number of unbranched alkanes of at least 4 members (excludes halogenated alkanes) is 1. The average molecular weight is 639 g/mol. The van der Waals surface area contributed by atoms with Gasteiger partial charge in [0.2, 0.25) is 0 Å². The van der Waals surface area contributed by atoms with Crippen LogP contribution in [-0.4, -0.2) is 82.4 Å². The minimum absolute atomic E-state index is 0.0687. The highest BCUT2D eigenvalue weighted by molar-refractivity contribution is 6.29. The molecule has 45 heavy (non-hydrogen) atoms. The van der Waals surface area contributed by atoms with Crippen molar-refractivity contribution >= 4 is 46.2 Å². The normalized spacial score (nSPS) is 24.6. The zero-order valence-corrected chi connectivity index (χ0v) is 27.0. The molecule has 0 aliphatic carbocycles. The topological polar surface area (TPSA) is 120 Å². The van der Waals surface area contributed by atoms with Gasteiger partial charge >= 0.3 is 6.09 Å². The number of nitrogens with zero attached hydrogens (tertiary/aromatic N) is 7. The highest BCUT2D eigenvalue weighted by Gasteiger charge is 2.50. The molecule has 0 radical (unpaired) electrons. The summed E-state index contributed by atoms with van der Waals surface area (Å²) in [6.45, 7) is 8.27. The number of carbonyl (C=O) groups excluding carboxylic acids is 1. The molecule has 3 aromatic rings. The monoisotopic (exact) mass is 638 g/mol.